The summed E-state index contributed by atoms with van der Waals surface area (Å²) < 4.78 is 35.9. The zero-order valence-corrected chi connectivity index (χ0v) is 71.1. The molecule has 4 aliphatic rings. The van der Waals surface area contributed by atoms with Crippen LogP contribution in [-0.2, 0) is 38.3 Å². The van der Waals surface area contributed by atoms with E-state index in [9.17, 15) is 71.9 Å². The average molecular weight is 1740 g/mol. The van der Waals surface area contributed by atoms with Crippen LogP contribution in [-0.4, -0.2) is 170 Å². The number of hydrogen-bond donors (Lipinski definition) is 11. The van der Waals surface area contributed by atoms with Gasteiger partial charge in [0.1, 0.15) is 35.4 Å². The van der Waals surface area contributed by atoms with Crippen LogP contribution in [0.25, 0.3) is 44.1 Å². The molecule has 4 atom stereocenters. The molecule has 4 aliphatic heterocycles. The minimum atomic E-state index is -1.11. The first-order chi connectivity index (χ1) is 61.3. The number of benzene rings is 8. The summed E-state index contributed by atoms with van der Waals surface area (Å²) in [6.07, 6.45) is 7.43. The number of piperidine rings is 2. The average Bonchev–Trinajstić information content (AvgIpc) is 1.61. The van der Waals surface area contributed by atoms with E-state index in [1.165, 1.54) is 67.8 Å². The number of Topliss-reactive ketones (excluding diaryl/α,β-unsaturated/α-hetero) is 1. The molecule has 0 bridgehead atoms. The van der Waals surface area contributed by atoms with Gasteiger partial charge in [-0.1, -0.05) is 85.6 Å². The number of halogens is 2. The van der Waals surface area contributed by atoms with Crippen molar-refractivity contribution in [2.45, 2.75) is 141 Å². The van der Waals surface area contributed by atoms with Gasteiger partial charge < -0.3 is 52.4 Å². The van der Waals surface area contributed by atoms with Crippen LogP contribution in [0, 0.1) is 11.6 Å². The molecule has 0 radical (unpaired) electrons. The number of imide groups is 4. The normalized spacial score (nSPS) is 15.0. The Morgan fingerprint density at radius 3 is 1.28 bits per heavy atom. The van der Waals surface area contributed by atoms with E-state index >= 15 is 8.78 Å². The highest BCUT2D eigenvalue weighted by Crippen LogP contribution is 2.39. The Balaban J connectivity index is 0.000000190. The Kier molecular flexibility index (Phi) is 29.4. The van der Waals surface area contributed by atoms with Crippen molar-refractivity contribution in [1.82, 2.24) is 51.7 Å². The van der Waals surface area contributed by atoms with Crippen LogP contribution < -0.4 is 53.2 Å². The molecule has 33 heteroatoms. The number of amides is 12. The first-order valence-corrected chi connectivity index (χ1v) is 41.6. The van der Waals surface area contributed by atoms with Gasteiger partial charge in [0.2, 0.25) is 23.6 Å². The molecule has 2 fully saturated rings. The number of anilines is 6. The molecular formula is C95H94F2N14O17. The number of fused-ring (bicyclic) bond motifs is 4. The maximum absolute atomic E-state index is 15.4. The van der Waals surface area contributed by atoms with Crippen LogP contribution in [0.4, 0.5) is 42.9 Å². The van der Waals surface area contributed by atoms with E-state index in [0.717, 1.165) is 27.6 Å². The highest BCUT2D eigenvalue weighted by Gasteiger charge is 2.48. The molecule has 2 aromatic heterocycles. The summed E-state index contributed by atoms with van der Waals surface area (Å²) in [7, 11) is 3.10. The SMILES string of the molecule is CC(Nc1cccc2c1C(=O)N(C1CCC(=O)NC1=O)C2=O)C(=O)O.CNC(=O)c1cnc2ccc(-c3ccc(C(=O)NCCCCCC(=O)C(C)Nc4cccc5c4C(=O)N(C4CCC(=O)NC4=O)C5=O)c(F)c3)cc2c1Nc1ccccc1.CNC(=O)c1cnc2ccc(-c3ccc(C(=O)NCCCCCC(=O)OC(C)(C)C)c(F)c3)cc2c1Nc1ccccc1. The van der Waals surface area contributed by atoms with Crippen LogP contribution in [0.3, 0.4) is 0 Å². The lowest BCUT2D eigenvalue weighted by Crippen LogP contribution is -2.54. The molecular weight excluding hydrogens is 1650 g/mol. The highest BCUT2D eigenvalue weighted by atomic mass is 19.1. The Bertz CT molecular complexity index is 6080. The summed E-state index contributed by atoms with van der Waals surface area (Å²) in [5, 5.41) is 37.9. The molecule has 8 aromatic carbocycles. The number of aliphatic carboxylic acids is 1. The van der Waals surface area contributed by atoms with Crippen molar-refractivity contribution in [2.24, 2.45) is 0 Å². The molecule has 12 amide bonds. The fourth-order valence-corrected chi connectivity index (χ4v) is 15.0. The van der Waals surface area contributed by atoms with E-state index in [0.29, 0.717) is 117 Å². The van der Waals surface area contributed by atoms with Crippen molar-refractivity contribution in [2.75, 3.05) is 48.5 Å². The minimum absolute atomic E-state index is 0.00603. The molecule has 660 valence electrons. The summed E-state index contributed by atoms with van der Waals surface area (Å²) >= 11 is 0. The molecule has 128 heavy (non-hydrogen) atoms. The molecule has 0 spiro atoms. The molecule has 14 rings (SSSR count). The third kappa shape index (κ3) is 21.7. The summed E-state index contributed by atoms with van der Waals surface area (Å²) in [5.74, 6) is -9.43. The van der Waals surface area contributed by atoms with Gasteiger partial charge in [0.05, 0.1) is 73.0 Å². The molecule has 2 saturated heterocycles. The standard InChI is InChI=1S/C45H42FN7O7.C34H37FN4O4.C16H15N3O6/c1-25(50-35-13-9-12-30-39(35)45(60)53(44(30)59)36-19-20-38(55)52-43(36)58)37(54)14-7-4-8-21-48-42(57)29-17-15-27(23-33(29)46)26-16-18-34-31(22-26)40(32(24-49-34)41(56)47-2)51-28-10-5-3-6-11-28;1-34(2,3)43-30(40)13-9-6-10-18-37-33(42)25-16-14-23(20-28(25)35)22-15-17-29-26(19-22)31(27(21-38-29)32(41)36-4)39-24-11-7-5-8-12-24;1-7(16(24)25)17-9-4-2-3-8-12(9)15(23)19(14(8)22)10-5-6-11(20)18-13(10)21/h3,5-6,9-13,15-18,22-25,36,50H,4,7-8,14,19-21H2,1-2H3,(H,47,56)(H,48,57)(H,49,51)(H,52,55,58);5,7-8,11-12,14-17,19-21H,6,9-10,13,18H2,1-4H3,(H,36,41)(H,37,42)(H,38,39);2-4,7,10,17H,5-6H2,1H3,(H,24,25)(H,18,20,21). The number of hydrogen-bond acceptors (Lipinski definition) is 22. The van der Waals surface area contributed by atoms with Gasteiger partial charge in [0, 0.05) is 98.8 Å². The zero-order chi connectivity index (χ0) is 91.8. The topological polar surface area (TPSA) is 438 Å². The van der Waals surface area contributed by atoms with Crippen LogP contribution in [0.1, 0.15) is 195 Å². The Morgan fingerprint density at radius 2 is 0.883 bits per heavy atom. The fraction of sp³-hybridized carbons (Fsp3) is 0.274. The minimum Gasteiger partial charge on any atom is -0.480 e. The smallest absolute Gasteiger partial charge is 0.325 e. The van der Waals surface area contributed by atoms with E-state index < -0.39 is 106 Å². The van der Waals surface area contributed by atoms with Gasteiger partial charge in [-0.2, -0.15) is 0 Å². The third-order valence-electron chi connectivity index (χ3n) is 21.5. The van der Waals surface area contributed by atoms with Crippen molar-refractivity contribution in [3.63, 3.8) is 0 Å². The molecule has 6 heterocycles. The highest BCUT2D eigenvalue weighted by molar-refractivity contribution is 6.27. The molecule has 4 unspecified atom stereocenters. The van der Waals surface area contributed by atoms with E-state index in [1.807, 2.05) is 106 Å². The molecule has 0 saturated carbocycles. The lowest BCUT2D eigenvalue weighted by Gasteiger charge is -2.27. The van der Waals surface area contributed by atoms with E-state index in [4.69, 9.17) is 9.84 Å². The number of esters is 1. The molecule has 31 nitrogen and oxygen atoms in total. The largest absolute Gasteiger partial charge is 0.480 e. The number of nitrogens with one attached hydrogen (secondary N) is 10. The number of para-hydroxylation sites is 2. The number of unbranched alkanes of at least 4 members (excludes halogenated alkanes) is 4. The van der Waals surface area contributed by atoms with Gasteiger partial charge in [-0.05, 0) is 192 Å². The van der Waals surface area contributed by atoms with Gasteiger partial charge in [-0.15, -0.1) is 0 Å². The lowest BCUT2D eigenvalue weighted by atomic mass is 9.99. The summed E-state index contributed by atoms with van der Waals surface area (Å²) in [5.41, 5.74) is 7.33. The Labute approximate surface area is 733 Å². The monoisotopic (exact) mass is 1740 g/mol. The molecule has 0 aliphatic carbocycles. The maximum atomic E-state index is 15.4. The summed E-state index contributed by atoms with van der Waals surface area (Å²) in [6.45, 7) is 9.18. The van der Waals surface area contributed by atoms with Gasteiger partial charge in [-0.25, -0.2) is 8.78 Å². The number of aromatic nitrogens is 2. The second-order valence-corrected chi connectivity index (χ2v) is 31.7. The van der Waals surface area contributed by atoms with E-state index in [1.54, 1.807) is 57.4 Å². The number of pyridine rings is 2. The first-order valence-electron chi connectivity index (χ1n) is 41.6. The number of ketones is 1. The van der Waals surface area contributed by atoms with E-state index in [2.05, 4.69) is 63.1 Å². The second-order valence-electron chi connectivity index (χ2n) is 31.7. The predicted molar refractivity (Wildman–Crippen MR) is 473 cm³/mol. The number of carbonyl (C=O) groups excluding carboxylic acids is 14. The third-order valence-corrected chi connectivity index (χ3v) is 21.5. The van der Waals surface area contributed by atoms with Crippen LogP contribution in [0.15, 0.2) is 182 Å². The number of carboxylic acids is 1. The van der Waals surface area contributed by atoms with Crippen LogP contribution in [0.2, 0.25) is 0 Å². The Hall–Kier alpha value is -15.3. The van der Waals surface area contributed by atoms with Crippen LogP contribution in [0.5, 0.6) is 0 Å². The van der Waals surface area contributed by atoms with Gasteiger partial charge in [-0.3, -0.25) is 102 Å². The number of nitrogens with zero attached hydrogens (tertiary/aromatic N) is 4. The molecule has 10 aromatic rings. The summed E-state index contributed by atoms with van der Waals surface area (Å²) in [4.78, 5) is 197. The van der Waals surface area contributed by atoms with Crippen LogP contribution >= 0.6 is 0 Å². The number of ether oxygens (including phenoxy) is 1. The second kappa shape index (κ2) is 41.0. The van der Waals surface area contributed by atoms with Crippen molar-refractivity contribution < 1.29 is 90.5 Å². The zero-order valence-electron chi connectivity index (χ0n) is 71.1. The lowest BCUT2D eigenvalue weighted by molar-refractivity contribution is -0.155. The maximum Gasteiger partial charge on any atom is 0.325 e. The number of rotatable bonds is 30. The van der Waals surface area contributed by atoms with Crippen molar-refractivity contribution in [1.29, 1.82) is 0 Å². The molecule has 11 N–H and O–H groups in total. The summed E-state index contributed by atoms with van der Waals surface area (Å²) in [6, 6.07) is 43.9. The van der Waals surface area contributed by atoms with Gasteiger partial charge in [0.25, 0.3) is 47.3 Å². The number of carbonyl (C=O) groups is 15. The number of carboxylic acid groups (broad SMARTS) is 1. The first kappa shape index (κ1) is 91.9. The van der Waals surface area contributed by atoms with Crippen molar-refractivity contribution in [3.05, 3.63) is 238 Å². The Morgan fingerprint density at radius 1 is 0.477 bits per heavy atom. The van der Waals surface area contributed by atoms with E-state index in [-0.39, 0.29) is 101 Å². The van der Waals surface area contributed by atoms with Gasteiger partial charge in [0.15, 0.2) is 5.78 Å². The fourth-order valence-electron chi connectivity index (χ4n) is 15.0. The van der Waals surface area contributed by atoms with Crippen molar-refractivity contribution >= 4 is 145 Å². The quantitative estimate of drug-likeness (QED) is 0.0113. The van der Waals surface area contributed by atoms with Crippen molar-refractivity contribution in [3.8, 4) is 22.3 Å². The predicted octanol–water partition coefficient (Wildman–Crippen LogP) is 12.7. The van der Waals surface area contributed by atoms with Gasteiger partial charge >= 0.3 is 11.9 Å².